The predicted octanol–water partition coefficient (Wildman–Crippen LogP) is 3.76. The molecule has 7 nitrogen and oxygen atoms in total. The van der Waals surface area contributed by atoms with Gasteiger partial charge in [0.15, 0.2) is 10.8 Å². The van der Waals surface area contributed by atoms with Crippen LogP contribution in [0.2, 0.25) is 0 Å². The van der Waals surface area contributed by atoms with Crippen LogP contribution in [0.5, 0.6) is 5.75 Å². The normalized spacial score (nSPS) is 10.9. The van der Waals surface area contributed by atoms with Crippen molar-refractivity contribution >= 4 is 32.6 Å². The van der Waals surface area contributed by atoms with Crippen LogP contribution in [0.1, 0.15) is 23.0 Å². The highest BCUT2D eigenvalue weighted by Gasteiger charge is 2.24. The Morgan fingerprint density at radius 2 is 2.18 bits per heavy atom. The molecule has 0 N–H and O–H groups in total. The molecule has 0 atom stereocenters. The summed E-state index contributed by atoms with van der Waals surface area (Å²) in [7, 11) is 1.62. The lowest BCUT2D eigenvalue weighted by molar-refractivity contribution is 0.0979. The van der Waals surface area contributed by atoms with E-state index in [-0.39, 0.29) is 5.91 Å². The van der Waals surface area contributed by atoms with E-state index in [1.165, 1.54) is 11.3 Å². The fourth-order valence-corrected chi connectivity index (χ4v) is 3.77. The number of amides is 1. The molecule has 28 heavy (non-hydrogen) atoms. The summed E-state index contributed by atoms with van der Waals surface area (Å²) < 4.78 is 8.00. The third-order valence-corrected chi connectivity index (χ3v) is 5.37. The van der Waals surface area contributed by atoms with E-state index in [0.717, 1.165) is 21.5 Å². The first-order valence-electron chi connectivity index (χ1n) is 8.86. The number of aromatic nitrogens is 4. The highest BCUT2D eigenvalue weighted by Crippen LogP contribution is 2.32. The van der Waals surface area contributed by atoms with Crippen molar-refractivity contribution in [2.75, 3.05) is 12.0 Å². The molecule has 0 saturated heterocycles. The quantitative estimate of drug-likeness (QED) is 0.499. The predicted molar refractivity (Wildman–Crippen MR) is 109 cm³/mol. The lowest BCUT2D eigenvalue weighted by Gasteiger charge is -2.18. The molecule has 0 unspecified atom stereocenters. The zero-order valence-electron chi connectivity index (χ0n) is 15.6. The number of ether oxygens (including phenoxy) is 1. The van der Waals surface area contributed by atoms with E-state index in [1.807, 2.05) is 37.3 Å². The van der Waals surface area contributed by atoms with E-state index >= 15 is 0 Å². The van der Waals surface area contributed by atoms with Crippen molar-refractivity contribution < 1.29 is 9.53 Å². The van der Waals surface area contributed by atoms with Crippen molar-refractivity contribution in [1.82, 2.24) is 19.7 Å². The van der Waals surface area contributed by atoms with Gasteiger partial charge in [-0.15, -0.1) is 0 Å². The number of rotatable bonds is 6. The first-order chi connectivity index (χ1) is 13.7. The molecule has 142 valence electrons. The summed E-state index contributed by atoms with van der Waals surface area (Å²) in [5.41, 5.74) is 2.10. The van der Waals surface area contributed by atoms with Crippen LogP contribution in [0.15, 0.2) is 55.0 Å². The van der Waals surface area contributed by atoms with E-state index in [9.17, 15) is 4.79 Å². The maximum atomic E-state index is 13.3. The van der Waals surface area contributed by atoms with Crippen molar-refractivity contribution in [1.29, 1.82) is 0 Å². The van der Waals surface area contributed by atoms with Gasteiger partial charge >= 0.3 is 0 Å². The third kappa shape index (κ3) is 3.59. The minimum absolute atomic E-state index is 0.193. The number of thiazole rings is 1. The molecule has 3 aromatic heterocycles. The second-order valence-corrected chi connectivity index (χ2v) is 7.15. The molecule has 8 heteroatoms. The number of benzene rings is 1. The van der Waals surface area contributed by atoms with Crippen LogP contribution in [0.25, 0.3) is 10.2 Å². The Bertz CT molecular complexity index is 1110. The second-order valence-electron chi connectivity index (χ2n) is 6.14. The van der Waals surface area contributed by atoms with Gasteiger partial charge in [0.2, 0.25) is 0 Å². The van der Waals surface area contributed by atoms with E-state index in [0.29, 0.717) is 23.9 Å². The lowest BCUT2D eigenvalue weighted by Crippen LogP contribution is -2.30. The van der Waals surface area contributed by atoms with Crippen molar-refractivity contribution in [2.24, 2.45) is 0 Å². The summed E-state index contributed by atoms with van der Waals surface area (Å²) in [6.45, 7) is 3.05. The SMILES string of the molecule is CCn1ccc(C(=O)N(Cc2cccnc2)c2nc3cc(OC)ccc3s2)n1. The number of carbonyl (C=O) groups is 1. The summed E-state index contributed by atoms with van der Waals surface area (Å²) >= 11 is 1.46. The van der Waals surface area contributed by atoms with Crippen LogP contribution in [0, 0.1) is 0 Å². The monoisotopic (exact) mass is 393 g/mol. The van der Waals surface area contributed by atoms with Gasteiger partial charge < -0.3 is 4.74 Å². The minimum Gasteiger partial charge on any atom is -0.497 e. The van der Waals surface area contributed by atoms with Gasteiger partial charge in [-0.1, -0.05) is 17.4 Å². The molecule has 0 aliphatic heterocycles. The fourth-order valence-electron chi connectivity index (χ4n) is 2.83. The van der Waals surface area contributed by atoms with Gasteiger partial charge in [0.25, 0.3) is 5.91 Å². The summed E-state index contributed by atoms with van der Waals surface area (Å²) in [6.07, 6.45) is 5.27. The molecule has 4 aromatic rings. The minimum atomic E-state index is -0.193. The number of fused-ring (bicyclic) bond motifs is 1. The first-order valence-corrected chi connectivity index (χ1v) is 9.68. The van der Waals surface area contributed by atoms with Gasteiger partial charge in [-0.25, -0.2) is 4.98 Å². The van der Waals surface area contributed by atoms with Crippen LogP contribution in [0.3, 0.4) is 0 Å². The van der Waals surface area contributed by atoms with Crippen LogP contribution in [-0.4, -0.2) is 32.8 Å². The molecule has 0 fully saturated rings. The number of aryl methyl sites for hydroxylation is 1. The summed E-state index contributed by atoms with van der Waals surface area (Å²) in [4.78, 5) is 23.7. The number of methoxy groups -OCH3 is 1. The number of carbonyl (C=O) groups excluding carboxylic acids is 1. The topological polar surface area (TPSA) is 73.1 Å². The van der Waals surface area contributed by atoms with Gasteiger partial charge in [0.05, 0.1) is 23.9 Å². The molecular formula is C20H19N5O2S. The Labute approximate surface area is 166 Å². The number of anilines is 1. The van der Waals surface area contributed by atoms with Crippen molar-refractivity contribution in [3.8, 4) is 5.75 Å². The van der Waals surface area contributed by atoms with Crippen LogP contribution < -0.4 is 9.64 Å². The maximum absolute atomic E-state index is 13.3. The Morgan fingerprint density at radius 1 is 1.29 bits per heavy atom. The molecule has 0 aliphatic rings. The molecule has 0 aliphatic carbocycles. The summed E-state index contributed by atoms with van der Waals surface area (Å²) in [5.74, 6) is 0.540. The van der Waals surface area contributed by atoms with Gasteiger partial charge in [0, 0.05) is 31.2 Å². The maximum Gasteiger partial charge on any atom is 0.280 e. The summed E-state index contributed by atoms with van der Waals surface area (Å²) in [6, 6.07) is 11.2. The molecule has 3 heterocycles. The van der Waals surface area contributed by atoms with Crippen molar-refractivity contribution in [3.05, 3.63) is 66.2 Å². The Kier molecular flexibility index (Phi) is 5.03. The third-order valence-electron chi connectivity index (χ3n) is 4.31. The van der Waals surface area contributed by atoms with Gasteiger partial charge in [-0.05, 0) is 36.8 Å². The zero-order chi connectivity index (χ0) is 19.5. The average Bonchev–Trinajstić information content (AvgIpc) is 3.38. The smallest absolute Gasteiger partial charge is 0.280 e. The fraction of sp³-hybridized carbons (Fsp3) is 0.200. The Morgan fingerprint density at radius 3 is 2.89 bits per heavy atom. The van der Waals surface area contributed by atoms with E-state index in [1.54, 1.807) is 41.3 Å². The number of hydrogen-bond donors (Lipinski definition) is 0. The van der Waals surface area contributed by atoms with Crippen molar-refractivity contribution in [2.45, 2.75) is 20.0 Å². The number of hydrogen-bond acceptors (Lipinski definition) is 6. The van der Waals surface area contributed by atoms with E-state index < -0.39 is 0 Å². The van der Waals surface area contributed by atoms with Gasteiger partial charge in [0.1, 0.15) is 5.75 Å². The van der Waals surface area contributed by atoms with Crippen LogP contribution in [-0.2, 0) is 13.1 Å². The first kappa shape index (κ1) is 18.1. The lowest BCUT2D eigenvalue weighted by atomic mass is 10.2. The zero-order valence-corrected chi connectivity index (χ0v) is 16.4. The second kappa shape index (κ2) is 7.77. The number of pyridine rings is 1. The molecular weight excluding hydrogens is 374 g/mol. The van der Waals surface area contributed by atoms with Crippen molar-refractivity contribution in [3.63, 3.8) is 0 Å². The molecule has 0 spiro atoms. The number of nitrogens with zero attached hydrogens (tertiary/aromatic N) is 5. The van der Waals surface area contributed by atoms with Gasteiger partial charge in [-0.3, -0.25) is 19.4 Å². The molecule has 1 aromatic carbocycles. The average molecular weight is 393 g/mol. The van der Waals surface area contributed by atoms with Gasteiger partial charge in [-0.2, -0.15) is 5.10 Å². The molecule has 0 saturated carbocycles. The summed E-state index contributed by atoms with van der Waals surface area (Å²) in [5, 5.41) is 4.98. The Balaban J connectivity index is 1.74. The molecule has 4 rings (SSSR count). The highest BCUT2D eigenvalue weighted by molar-refractivity contribution is 7.22. The molecule has 0 radical (unpaired) electrons. The Hall–Kier alpha value is -3.26. The highest BCUT2D eigenvalue weighted by atomic mass is 32.1. The molecule has 0 bridgehead atoms. The van der Waals surface area contributed by atoms with Crippen LogP contribution in [0.4, 0.5) is 5.13 Å². The molecule has 1 amide bonds. The van der Waals surface area contributed by atoms with Crippen LogP contribution >= 0.6 is 11.3 Å². The largest absolute Gasteiger partial charge is 0.497 e. The standard InChI is InChI=1S/C20H19N5O2S/c1-3-24-10-8-16(23-24)19(26)25(13-14-5-4-9-21-12-14)20-22-17-11-15(27-2)6-7-18(17)28-20/h4-12H,3,13H2,1-2H3. The van der Waals surface area contributed by atoms with E-state index in [2.05, 4.69) is 15.1 Å². The van der Waals surface area contributed by atoms with E-state index in [4.69, 9.17) is 4.74 Å².